The second-order valence-electron chi connectivity index (χ2n) is 7.01. The lowest BCUT2D eigenvalue weighted by Gasteiger charge is -2.30. The number of carboxylic acids is 1. The molecular formula is C15H28N2O3. The van der Waals surface area contributed by atoms with Gasteiger partial charge in [-0.2, -0.15) is 0 Å². The summed E-state index contributed by atoms with van der Waals surface area (Å²) in [6.45, 7) is 8.25. The Bertz CT molecular complexity index is 350. The third-order valence-corrected chi connectivity index (χ3v) is 4.20. The van der Waals surface area contributed by atoms with Crippen LogP contribution >= 0.6 is 0 Å². The highest BCUT2D eigenvalue weighted by molar-refractivity contribution is 5.83. The molecule has 0 aromatic carbocycles. The monoisotopic (exact) mass is 284 g/mol. The van der Waals surface area contributed by atoms with Gasteiger partial charge in [-0.25, -0.2) is 9.59 Å². The van der Waals surface area contributed by atoms with E-state index < -0.39 is 17.4 Å². The summed E-state index contributed by atoms with van der Waals surface area (Å²) in [7, 11) is 0. The van der Waals surface area contributed by atoms with Crippen molar-refractivity contribution in [1.29, 1.82) is 0 Å². The lowest BCUT2D eigenvalue weighted by molar-refractivity contribution is -0.141. The first-order valence-corrected chi connectivity index (χ1v) is 7.49. The summed E-state index contributed by atoms with van der Waals surface area (Å²) in [6, 6.07) is -1.27. The fourth-order valence-electron chi connectivity index (χ4n) is 2.75. The smallest absolute Gasteiger partial charge is 0.326 e. The van der Waals surface area contributed by atoms with Gasteiger partial charge in [0.25, 0.3) is 0 Å². The Kier molecular flexibility index (Phi) is 5.84. The Labute approximate surface area is 121 Å². The fourth-order valence-corrected chi connectivity index (χ4v) is 2.75. The summed E-state index contributed by atoms with van der Waals surface area (Å²) < 4.78 is 0. The van der Waals surface area contributed by atoms with Gasteiger partial charge in [0, 0.05) is 6.54 Å². The van der Waals surface area contributed by atoms with Crippen LogP contribution in [-0.2, 0) is 4.79 Å². The molecule has 0 aliphatic heterocycles. The van der Waals surface area contributed by atoms with Gasteiger partial charge in [-0.3, -0.25) is 0 Å². The molecule has 0 aromatic heterocycles. The van der Waals surface area contributed by atoms with Crippen molar-refractivity contribution in [1.82, 2.24) is 10.6 Å². The fraction of sp³-hybridized carbons (Fsp3) is 0.867. The Morgan fingerprint density at radius 1 is 1.25 bits per heavy atom. The lowest BCUT2D eigenvalue weighted by Crippen LogP contribution is -2.53. The van der Waals surface area contributed by atoms with Gasteiger partial charge >= 0.3 is 12.0 Å². The van der Waals surface area contributed by atoms with E-state index in [1.807, 2.05) is 0 Å². The van der Waals surface area contributed by atoms with E-state index >= 15 is 0 Å². The maximum absolute atomic E-state index is 11.9. The standard InChI is InChI=1S/C15H28N2O3/c1-10-7-5-6-8-11(10)9-16-14(20)17-12(13(18)19)15(2,3)4/h10-12H,5-9H2,1-4H3,(H,18,19)(H2,16,17,20)/t10?,11?,12-/m1/s1. The first-order chi connectivity index (χ1) is 9.21. The van der Waals surface area contributed by atoms with Crippen LogP contribution in [0.1, 0.15) is 53.4 Å². The van der Waals surface area contributed by atoms with Crippen LogP contribution in [0.4, 0.5) is 4.79 Å². The first-order valence-electron chi connectivity index (χ1n) is 7.49. The molecule has 20 heavy (non-hydrogen) atoms. The van der Waals surface area contributed by atoms with E-state index in [9.17, 15) is 14.7 Å². The van der Waals surface area contributed by atoms with Crippen molar-refractivity contribution in [2.24, 2.45) is 17.3 Å². The number of hydrogen-bond acceptors (Lipinski definition) is 2. The molecule has 1 fully saturated rings. The van der Waals surface area contributed by atoms with Crippen LogP contribution in [-0.4, -0.2) is 29.7 Å². The van der Waals surface area contributed by atoms with Gasteiger partial charge in [0.1, 0.15) is 6.04 Å². The molecule has 5 nitrogen and oxygen atoms in total. The molecule has 5 heteroatoms. The third kappa shape index (κ3) is 5.02. The minimum absolute atomic E-state index is 0.384. The van der Waals surface area contributed by atoms with Gasteiger partial charge < -0.3 is 15.7 Å². The van der Waals surface area contributed by atoms with Crippen molar-refractivity contribution in [2.45, 2.75) is 59.4 Å². The topological polar surface area (TPSA) is 78.4 Å². The molecule has 0 bridgehead atoms. The van der Waals surface area contributed by atoms with Gasteiger partial charge in [-0.15, -0.1) is 0 Å². The summed E-state index contributed by atoms with van der Waals surface area (Å²) in [5.41, 5.74) is -0.513. The van der Waals surface area contributed by atoms with Crippen LogP contribution in [0.3, 0.4) is 0 Å². The number of urea groups is 1. The van der Waals surface area contributed by atoms with Crippen molar-refractivity contribution in [2.75, 3.05) is 6.54 Å². The van der Waals surface area contributed by atoms with Gasteiger partial charge in [0.2, 0.25) is 0 Å². The average molecular weight is 284 g/mol. The van der Waals surface area contributed by atoms with Gasteiger partial charge in [-0.1, -0.05) is 47.0 Å². The molecular weight excluding hydrogens is 256 g/mol. The predicted molar refractivity (Wildman–Crippen MR) is 78.5 cm³/mol. The number of nitrogens with one attached hydrogen (secondary N) is 2. The largest absolute Gasteiger partial charge is 0.480 e. The molecule has 3 atom stereocenters. The van der Waals surface area contributed by atoms with Crippen molar-refractivity contribution >= 4 is 12.0 Å². The highest BCUT2D eigenvalue weighted by Crippen LogP contribution is 2.28. The van der Waals surface area contributed by atoms with Crippen LogP contribution in [0.25, 0.3) is 0 Å². The Morgan fingerprint density at radius 3 is 2.35 bits per heavy atom. The lowest BCUT2D eigenvalue weighted by atomic mass is 9.80. The molecule has 0 radical (unpaired) electrons. The summed E-state index contributed by atoms with van der Waals surface area (Å²) in [5, 5.41) is 14.6. The van der Waals surface area contributed by atoms with Crippen molar-refractivity contribution in [3.8, 4) is 0 Å². The van der Waals surface area contributed by atoms with E-state index in [1.165, 1.54) is 19.3 Å². The Hall–Kier alpha value is -1.26. The zero-order valence-corrected chi connectivity index (χ0v) is 13.0. The number of carboxylic acid groups (broad SMARTS) is 1. The molecule has 0 aromatic rings. The summed E-state index contributed by atoms with van der Waals surface area (Å²) in [4.78, 5) is 23.1. The summed E-state index contributed by atoms with van der Waals surface area (Å²) >= 11 is 0. The number of hydrogen-bond donors (Lipinski definition) is 3. The van der Waals surface area contributed by atoms with Crippen molar-refractivity contribution in [3.63, 3.8) is 0 Å². The maximum atomic E-state index is 11.9. The highest BCUT2D eigenvalue weighted by Gasteiger charge is 2.32. The minimum atomic E-state index is -1.00. The molecule has 1 aliphatic rings. The Morgan fingerprint density at radius 2 is 1.85 bits per heavy atom. The molecule has 0 spiro atoms. The minimum Gasteiger partial charge on any atom is -0.480 e. The summed E-state index contributed by atoms with van der Waals surface area (Å²) in [6.07, 6.45) is 4.85. The molecule has 2 unspecified atom stereocenters. The second-order valence-corrected chi connectivity index (χ2v) is 7.01. The molecule has 116 valence electrons. The molecule has 0 saturated heterocycles. The zero-order chi connectivity index (χ0) is 15.3. The maximum Gasteiger partial charge on any atom is 0.326 e. The number of rotatable bonds is 4. The van der Waals surface area contributed by atoms with Gasteiger partial charge in [0.15, 0.2) is 0 Å². The van der Waals surface area contributed by atoms with E-state index in [2.05, 4.69) is 17.6 Å². The number of carbonyl (C=O) groups excluding carboxylic acids is 1. The third-order valence-electron chi connectivity index (χ3n) is 4.20. The van der Waals surface area contributed by atoms with Crippen LogP contribution in [0.5, 0.6) is 0 Å². The molecule has 1 rings (SSSR count). The highest BCUT2D eigenvalue weighted by atomic mass is 16.4. The normalized spacial score (nSPS) is 24.8. The molecule has 0 heterocycles. The van der Waals surface area contributed by atoms with Crippen LogP contribution < -0.4 is 10.6 Å². The molecule has 1 aliphatic carbocycles. The predicted octanol–water partition coefficient (Wildman–Crippen LogP) is 2.61. The van der Waals surface area contributed by atoms with Crippen LogP contribution in [0, 0.1) is 17.3 Å². The molecule has 1 saturated carbocycles. The van der Waals surface area contributed by atoms with E-state index in [-0.39, 0.29) is 6.03 Å². The Balaban J connectivity index is 2.44. The summed E-state index contributed by atoms with van der Waals surface area (Å²) in [5.74, 6) is 0.132. The zero-order valence-electron chi connectivity index (χ0n) is 13.0. The van der Waals surface area contributed by atoms with Gasteiger partial charge in [-0.05, 0) is 23.7 Å². The number of carbonyl (C=O) groups is 2. The van der Waals surface area contributed by atoms with E-state index in [4.69, 9.17) is 0 Å². The average Bonchev–Trinajstić information content (AvgIpc) is 2.33. The van der Waals surface area contributed by atoms with E-state index in [0.717, 1.165) is 6.42 Å². The molecule has 2 amide bonds. The SMILES string of the molecule is CC1CCCCC1CNC(=O)N[C@H](C(=O)O)C(C)(C)C. The number of amides is 2. The first kappa shape index (κ1) is 16.8. The second kappa shape index (κ2) is 6.95. The van der Waals surface area contributed by atoms with Crippen LogP contribution in [0.2, 0.25) is 0 Å². The number of aliphatic carboxylic acids is 1. The van der Waals surface area contributed by atoms with Gasteiger partial charge in [0.05, 0.1) is 0 Å². The van der Waals surface area contributed by atoms with E-state index in [0.29, 0.717) is 18.4 Å². The van der Waals surface area contributed by atoms with Crippen molar-refractivity contribution < 1.29 is 14.7 Å². The van der Waals surface area contributed by atoms with Crippen molar-refractivity contribution in [3.05, 3.63) is 0 Å². The van der Waals surface area contributed by atoms with E-state index in [1.54, 1.807) is 20.8 Å². The van der Waals surface area contributed by atoms with Crippen LogP contribution in [0.15, 0.2) is 0 Å². The molecule has 3 N–H and O–H groups in total. The quantitative estimate of drug-likeness (QED) is 0.742.